The number of fused-ring (bicyclic) bond motifs is 1. The van der Waals surface area contributed by atoms with Crippen LogP contribution in [0.4, 0.5) is 0 Å². The average molecular weight is 263 g/mol. The molecule has 0 N–H and O–H groups in total. The summed E-state index contributed by atoms with van der Waals surface area (Å²) in [6.07, 6.45) is 5.20. The SMILES string of the molecule is O=S(=O)(C1=CC[C@@H]2CCCN2C1)c1ccccc1. The van der Waals surface area contributed by atoms with Crippen LogP contribution in [0.1, 0.15) is 19.3 Å². The molecule has 1 aromatic rings. The first-order chi connectivity index (χ1) is 8.68. The number of benzene rings is 1. The molecule has 0 saturated carbocycles. The van der Waals surface area contributed by atoms with Crippen molar-refractivity contribution in [3.05, 3.63) is 41.3 Å². The molecular formula is C14H17NO2S. The van der Waals surface area contributed by atoms with Gasteiger partial charge < -0.3 is 0 Å². The van der Waals surface area contributed by atoms with Crippen molar-refractivity contribution in [2.75, 3.05) is 13.1 Å². The third kappa shape index (κ3) is 1.99. The predicted molar refractivity (Wildman–Crippen MR) is 70.9 cm³/mol. The molecule has 4 heteroatoms. The van der Waals surface area contributed by atoms with Gasteiger partial charge in [0.15, 0.2) is 0 Å². The van der Waals surface area contributed by atoms with Crippen molar-refractivity contribution in [1.29, 1.82) is 0 Å². The Hall–Kier alpha value is -1.13. The Bertz CT molecular complexity index is 563. The Morgan fingerprint density at radius 3 is 2.72 bits per heavy atom. The smallest absolute Gasteiger partial charge is 0.203 e. The minimum Gasteiger partial charge on any atom is -0.295 e. The van der Waals surface area contributed by atoms with Crippen LogP contribution in [-0.4, -0.2) is 32.4 Å². The highest BCUT2D eigenvalue weighted by Gasteiger charge is 2.32. The molecule has 3 rings (SSSR count). The second kappa shape index (κ2) is 4.52. The molecule has 2 heterocycles. The first-order valence-electron chi connectivity index (χ1n) is 6.41. The summed E-state index contributed by atoms with van der Waals surface area (Å²) in [5, 5.41) is 0. The number of sulfone groups is 1. The van der Waals surface area contributed by atoms with Gasteiger partial charge in [0.05, 0.1) is 9.80 Å². The van der Waals surface area contributed by atoms with E-state index in [2.05, 4.69) is 4.90 Å². The number of nitrogens with zero attached hydrogens (tertiary/aromatic N) is 1. The minimum absolute atomic E-state index is 0.411. The summed E-state index contributed by atoms with van der Waals surface area (Å²) in [4.78, 5) is 3.29. The van der Waals surface area contributed by atoms with E-state index in [1.54, 1.807) is 24.3 Å². The molecule has 0 aliphatic carbocycles. The molecule has 0 unspecified atom stereocenters. The van der Waals surface area contributed by atoms with Crippen LogP contribution >= 0.6 is 0 Å². The lowest BCUT2D eigenvalue weighted by Gasteiger charge is -2.29. The van der Waals surface area contributed by atoms with Gasteiger partial charge in [0.1, 0.15) is 0 Å². The minimum atomic E-state index is -3.28. The van der Waals surface area contributed by atoms with Crippen LogP contribution in [0, 0.1) is 0 Å². The first kappa shape index (κ1) is 11.9. The lowest BCUT2D eigenvalue weighted by molar-refractivity contribution is 0.268. The molecule has 1 atom stereocenters. The fraction of sp³-hybridized carbons (Fsp3) is 0.429. The molecule has 2 aliphatic rings. The molecule has 2 aliphatic heterocycles. The number of rotatable bonds is 2. The monoisotopic (exact) mass is 263 g/mol. The summed E-state index contributed by atoms with van der Waals surface area (Å²) in [6.45, 7) is 1.62. The van der Waals surface area contributed by atoms with Crippen molar-refractivity contribution in [2.45, 2.75) is 30.2 Å². The van der Waals surface area contributed by atoms with Crippen molar-refractivity contribution < 1.29 is 8.42 Å². The maximum atomic E-state index is 12.5. The molecule has 1 fully saturated rings. The van der Waals surface area contributed by atoms with E-state index < -0.39 is 9.84 Å². The maximum Gasteiger partial charge on any atom is 0.203 e. The zero-order valence-corrected chi connectivity index (χ0v) is 11.1. The molecule has 96 valence electrons. The number of hydrogen-bond donors (Lipinski definition) is 0. The highest BCUT2D eigenvalue weighted by molar-refractivity contribution is 7.95. The van der Waals surface area contributed by atoms with Gasteiger partial charge in [-0.15, -0.1) is 0 Å². The van der Waals surface area contributed by atoms with E-state index in [1.807, 2.05) is 12.1 Å². The summed E-state index contributed by atoms with van der Waals surface area (Å²) in [7, 11) is -3.28. The molecule has 3 nitrogen and oxygen atoms in total. The molecule has 1 aromatic carbocycles. The molecule has 0 aromatic heterocycles. The maximum absolute atomic E-state index is 12.5. The van der Waals surface area contributed by atoms with Crippen LogP contribution in [0.2, 0.25) is 0 Å². The van der Waals surface area contributed by atoms with Gasteiger partial charge in [0.25, 0.3) is 0 Å². The Morgan fingerprint density at radius 1 is 1.17 bits per heavy atom. The van der Waals surface area contributed by atoms with Gasteiger partial charge in [0, 0.05) is 12.6 Å². The van der Waals surface area contributed by atoms with Crippen molar-refractivity contribution >= 4 is 9.84 Å². The number of hydrogen-bond acceptors (Lipinski definition) is 3. The fourth-order valence-corrected chi connectivity index (χ4v) is 4.32. The summed E-state index contributed by atoms with van der Waals surface area (Å²) < 4.78 is 25.0. The molecule has 0 spiro atoms. The zero-order chi connectivity index (χ0) is 12.6. The average Bonchev–Trinajstić information content (AvgIpc) is 2.87. The third-order valence-corrected chi connectivity index (χ3v) is 5.75. The van der Waals surface area contributed by atoms with Gasteiger partial charge in [0.2, 0.25) is 9.84 Å². The highest BCUT2D eigenvalue weighted by Crippen LogP contribution is 2.30. The third-order valence-electron chi connectivity index (χ3n) is 3.87. The van der Waals surface area contributed by atoms with E-state index in [-0.39, 0.29) is 0 Å². The quantitative estimate of drug-likeness (QED) is 0.821. The molecule has 0 radical (unpaired) electrons. The van der Waals surface area contributed by atoms with Gasteiger partial charge >= 0.3 is 0 Å². The normalized spacial score (nSPS) is 24.7. The van der Waals surface area contributed by atoms with Gasteiger partial charge in [-0.2, -0.15) is 0 Å². The predicted octanol–water partition coefficient (Wildman–Crippen LogP) is 2.21. The standard InChI is InChI=1S/C14H17NO2S/c16-18(17,13-6-2-1-3-7-13)14-9-8-12-5-4-10-15(12)11-14/h1-3,6-7,9,12H,4-5,8,10-11H2/t12-/m0/s1. The Balaban J connectivity index is 1.91. The molecule has 1 saturated heterocycles. The lowest BCUT2D eigenvalue weighted by Crippen LogP contribution is -2.35. The van der Waals surface area contributed by atoms with Crippen molar-refractivity contribution in [2.24, 2.45) is 0 Å². The Kier molecular flexibility index (Phi) is 2.99. The second-order valence-electron chi connectivity index (χ2n) is 4.99. The molecule has 18 heavy (non-hydrogen) atoms. The zero-order valence-electron chi connectivity index (χ0n) is 10.2. The van der Waals surface area contributed by atoms with Crippen LogP contribution in [0.25, 0.3) is 0 Å². The van der Waals surface area contributed by atoms with E-state index in [0.717, 1.165) is 13.0 Å². The van der Waals surface area contributed by atoms with E-state index in [4.69, 9.17) is 0 Å². The van der Waals surface area contributed by atoms with Crippen LogP contribution in [0.5, 0.6) is 0 Å². The van der Waals surface area contributed by atoms with E-state index in [1.165, 1.54) is 12.8 Å². The fourth-order valence-electron chi connectivity index (χ4n) is 2.85. The van der Waals surface area contributed by atoms with E-state index in [0.29, 0.717) is 22.4 Å². The van der Waals surface area contributed by atoms with Crippen LogP contribution in [0.3, 0.4) is 0 Å². The Morgan fingerprint density at radius 2 is 1.94 bits per heavy atom. The van der Waals surface area contributed by atoms with Crippen LogP contribution in [0.15, 0.2) is 46.2 Å². The van der Waals surface area contributed by atoms with Crippen molar-refractivity contribution in [3.63, 3.8) is 0 Å². The second-order valence-corrected chi connectivity index (χ2v) is 6.99. The topological polar surface area (TPSA) is 37.4 Å². The van der Waals surface area contributed by atoms with Crippen LogP contribution in [-0.2, 0) is 9.84 Å². The molecule has 0 bridgehead atoms. The lowest BCUT2D eigenvalue weighted by atomic mass is 10.1. The summed E-state index contributed by atoms with van der Waals surface area (Å²) in [5.41, 5.74) is 0. The van der Waals surface area contributed by atoms with Crippen molar-refractivity contribution in [1.82, 2.24) is 4.90 Å². The summed E-state index contributed by atoms with van der Waals surface area (Å²) in [5.74, 6) is 0. The van der Waals surface area contributed by atoms with E-state index in [9.17, 15) is 8.42 Å². The molecular weight excluding hydrogens is 246 g/mol. The van der Waals surface area contributed by atoms with Gasteiger partial charge in [-0.1, -0.05) is 24.3 Å². The largest absolute Gasteiger partial charge is 0.295 e. The van der Waals surface area contributed by atoms with Gasteiger partial charge in [-0.3, -0.25) is 4.90 Å². The van der Waals surface area contributed by atoms with Crippen molar-refractivity contribution in [3.8, 4) is 0 Å². The van der Waals surface area contributed by atoms with Crippen LogP contribution < -0.4 is 0 Å². The van der Waals surface area contributed by atoms with Gasteiger partial charge in [-0.25, -0.2) is 8.42 Å². The molecule has 0 amide bonds. The van der Waals surface area contributed by atoms with E-state index >= 15 is 0 Å². The summed E-state index contributed by atoms with van der Waals surface area (Å²) in [6, 6.07) is 9.30. The highest BCUT2D eigenvalue weighted by atomic mass is 32.2. The summed E-state index contributed by atoms with van der Waals surface area (Å²) >= 11 is 0. The van der Waals surface area contributed by atoms with Gasteiger partial charge in [-0.05, 0) is 37.9 Å². The first-order valence-corrected chi connectivity index (χ1v) is 7.89. The Labute approximate surface area is 108 Å².